The van der Waals surface area contributed by atoms with Gasteiger partial charge in [-0.15, -0.1) is 11.3 Å². The van der Waals surface area contributed by atoms with Crippen molar-refractivity contribution in [3.63, 3.8) is 0 Å². The lowest BCUT2D eigenvalue weighted by molar-refractivity contribution is -0.130. The SMILES string of the molecule is O=C(C[C@@H]1Oc2ccccc2NC1=O)NNC(=O)c1cc2c(s1)CCCCCC2. The lowest BCUT2D eigenvalue weighted by Crippen LogP contribution is -2.46. The van der Waals surface area contributed by atoms with Gasteiger partial charge in [-0.2, -0.15) is 0 Å². The molecule has 1 aromatic heterocycles. The van der Waals surface area contributed by atoms with Crippen LogP contribution in [0.25, 0.3) is 0 Å². The minimum atomic E-state index is -0.941. The highest BCUT2D eigenvalue weighted by molar-refractivity contribution is 7.14. The summed E-state index contributed by atoms with van der Waals surface area (Å²) in [6.07, 6.45) is 5.64. The quantitative estimate of drug-likeness (QED) is 0.674. The monoisotopic (exact) mass is 413 g/mol. The lowest BCUT2D eigenvalue weighted by atomic mass is 10.00. The Morgan fingerprint density at radius 1 is 1.10 bits per heavy atom. The van der Waals surface area contributed by atoms with E-state index in [9.17, 15) is 14.4 Å². The molecule has 0 bridgehead atoms. The van der Waals surface area contributed by atoms with Crippen LogP contribution in [0.15, 0.2) is 30.3 Å². The number of hydrogen-bond acceptors (Lipinski definition) is 5. The first-order valence-electron chi connectivity index (χ1n) is 9.87. The average Bonchev–Trinajstić information content (AvgIpc) is 3.08. The number of carbonyl (C=O) groups excluding carboxylic acids is 3. The van der Waals surface area contributed by atoms with E-state index in [0.29, 0.717) is 16.3 Å². The first-order valence-corrected chi connectivity index (χ1v) is 10.7. The van der Waals surface area contributed by atoms with Gasteiger partial charge in [0.1, 0.15) is 5.75 Å². The van der Waals surface area contributed by atoms with Crippen molar-refractivity contribution in [2.24, 2.45) is 0 Å². The maximum Gasteiger partial charge on any atom is 0.279 e. The number of rotatable bonds is 3. The molecule has 2 heterocycles. The second-order valence-corrected chi connectivity index (χ2v) is 8.41. The van der Waals surface area contributed by atoms with Crippen LogP contribution in [-0.4, -0.2) is 23.8 Å². The van der Waals surface area contributed by atoms with Crippen LogP contribution < -0.4 is 20.9 Å². The second-order valence-electron chi connectivity index (χ2n) is 7.27. The third-order valence-electron chi connectivity index (χ3n) is 5.11. The highest BCUT2D eigenvalue weighted by Crippen LogP contribution is 2.30. The third kappa shape index (κ3) is 4.59. The molecule has 2 aliphatic rings. The third-order valence-corrected chi connectivity index (χ3v) is 6.35. The van der Waals surface area contributed by atoms with Crippen molar-refractivity contribution in [2.45, 2.75) is 51.0 Å². The van der Waals surface area contributed by atoms with Crippen LogP contribution >= 0.6 is 11.3 Å². The van der Waals surface area contributed by atoms with Crippen molar-refractivity contribution in [3.8, 4) is 5.75 Å². The van der Waals surface area contributed by atoms with E-state index in [1.165, 1.54) is 34.6 Å². The van der Waals surface area contributed by atoms with Crippen LogP contribution in [0.5, 0.6) is 5.75 Å². The lowest BCUT2D eigenvalue weighted by Gasteiger charge is -2.25. The van der Waals surface area contributed by atoms with Crippen LogP contribution in [-0.2, 0) is 22.4 Å². The summed E-state index contributed by atoms with van der Waals surface area (Å²) < 4.78 is 5.60. The molecule has 3 amide bonds. The number of carbonyl (C=O) groups is 3. The molecule has 0 fully saturated rings. The van der Waals surface area contributed by atoms with E-state index in [1.807, 2.05) is 6.07 Å². The molecule has 1 aromatic carbocycles. The Bertz CT molecular complexity index is 914. The van der Waals surface area contributed by atoms with Gasteiger partial charge in [-0.1, -0.05) is 25.0 Å². The van der Waals surface area contributed by atoms with Gasteiger partial charge in [0, 0.05) is 4.88 Å². The minimum Gasteiger partial charge on any atom is -0.478 e. The topological polar surface area (TPSA) is 96.5 Å². The molecule has 29 heavy (non-hydrogen) atoms. The maximum absolute atomic E-state index is 12.4. The van der Waals surface area contributed by atoms with E-state index in [0.717, 1.165) is 25.7 Å². The van der Waals surface area contributed by atoms with Crippen molar-refractivity contribution in [3.05, 3.63) is 45.6 Å². The Morgan fingerprint density at radius 3 is 2.76 bits per heavy atom. The van der Waals surface area contributed by atoms with Crippen molar-refractivity contribution in [1.29, 1.82) is 0 Å². The zero-order chi connectivity index (χ0) is 20.2. The largest absolute Gasteiger partial charge is 0.478 e. The molecule has 8 heteroatoms. The number of anilines is 1. The molecular formula is C21H23N3O4S. The molecule has 0 saturated carbocycles. The van der Waals surface area contributed by atoms with Crippen LogP contribution in [0, 0.1) is 0 Å². The van der Waals surface area contributed by atoms with E-state index >= 15 is 0 Å². The predicted octanol–water partition coefficient (Wildman–Crippen LogP) is 2.96. The summed E-state index contributed by atoms with van der Waals surface area (Å²) in [6, 6.07) is 8.97. The highest BCUT2D eigenvalue weighted by atomic mass is 32.1. The molecule has 2 aromatic rings. The molecule has 7 nitrogen and oxygen atoms in total. The van der Waals surface area contributed by atoms with Crippen molar-refractivity contribution < 1.29 is 19.1 Å². The fourth-order valence-corrected chi connectivity index (χ4v) is 4.74. The molecule has 0 unspecified atom stereocenters. The van der Waals surface area contributed by atoms with Crippen LogP contribution in [0.4, 0.5) is 5.69 Å². The first kappa shape index (κ1) is 19.4. The normalized spacial score (nSPS) is 18.2. The van der Waals surface area contributed by atoms with Gasteiger partial charge in [-0.25, -0.2) is 0 Å². The van der Waals surface area contributed by atoms with Crippen LogP contribution in [0.2, 0.25) is 0 Å². The second kappa shape index (κ2) is 8.65. The molecule has 3 N–H and O–H groups in total. The summed E-state index contributed by atoms with van der Waals surface area (Å²) in [4.78, 5) is 38.6. The fraction of sp³-hybridized carbons (Fsp3) is 0.381. The summed E-state index contributed by atoms with van der Waals surface area (Å²) in [7, 11) is 0. The van der Waals surface area contributed by atoms with E-state index in [2.05, 4.69) is 16.2 Å². The fourth-order valence-electron chi connectivity index (χ4n) is 3.59. The molecule has 0 spiro atoms. The van der Waals surface area contributed by atoms with E-state index in [4.69, 9.17) is 4.74 Å². The molecular weight excluding hydrogens is 390 g/mol. The Balaban J connectivity index is 1.31. The number of aryl methyl sites for hydroxylation is 2. The standard InChI is InChI=1S/C21H23N3O4S/c25-19(12-16-20(26)22-14-8-5-6-9-15(14)28-16)23-24-21(27)18-11-13-7-3-1-2-4-10-17(13)29-18/h5-6,8-9,11,16H,1-4,7,10,12H2,(H,22,26)(H,23,25)(H,24,27)/t16-/m0/s1. The van der Waals surface area contributed by atoms with E-state index in [-0.39, 0.29) is 18.2 Å². The number of ether oxygens (including phenoxy) is 1. The summed E-state index contributed by atoms with van der Waals surface area (Å²) in [5, 5.41) is 2.71. The minimum absolute atomic E-state index is 0.193. The highest BCUT2D eigenvalue weighted by Gasteiger charge is 2.29. The van der Waals surface area contributed by atoms with Gasteiger partial charge in [0.15, 0.2) is 6.10 Å². The van der Waals surface area contributed by atoms with E-state index in [1.54, 1.807) is 24.3 Å². The smallest absolute Gasteiger partial charge is 0.279 e. The number of benzene rings is 1. The summed E-state index contributed by atoms with van der Waals surface area (Å²) >= 11 is 1.49. The molecule has 1 aliphatic heterocycles. The molecule has 1 atom stereocenters. The first-order chi connectivity index (χ1) is 14.1. The van der Waals surface area contributed by atoms with Crippen molar-refractivity contribution in [1.82, 2.24) is 10.9 Å². The number of nitrogens with one attached hydrogen (secondary N) is 3. The van der Waals surface area contributed by atoms with E-state index < -0.39 is 12.0 Å². The Morgan fingerprint density at radius 2 is 1.90 bits per heavy atom. The Labute approximate surface area is 172 Å². The van der Waals surface area contributed by atoms with Crippen LogP contribution in [0.3, 0.4) is 0 Å². The molecule has 0 saturated heterocycles. The molecule has 152 valence electrons. The van der Waals surface area contributed by atoms with Gasteiger partial charge in [0.05, 0.1) is 17.0 Å². The van der Waals surface area contributed by atoms with Crippen molar-refractivity contribution in [2.75, 3.05) is 5.32 Å². The average molecular weight is 413 g/mol. The number of hydrogen-bond donors (Lipinski definition) is 3. The van der Waals surface area contributed by atoms with Gasteiger partial charge in [0.25, 0.3) is 11.8 Å². The number of fused-ring (bicyclic) bond motifs is 2. The van der Waals surface area contributed by atoms with Crippen molar-refractivity contribution >= 4 is 34.7 Å². The van der Waals surface area contributed by atoms with Gasteiger partial charge in [-0.3, -0.25) is 25.2 Å². The molecule has 0 radical (unpaired) electrons. The molecule has 1 aliphatic carbocycles. The zero-order valence-electron chi connectivity index (χ0n) is 16.0. The zero-order valence-corrected chi connectivity index (χ0v) is 16.8. The summed E-state index contributed by atoms with van der Waals surface area (Å²) in [5.74, 6) is -0.699. The van der Waals surface area contributed by atoms with Gasteiger partial charge < -0.3 is 10.1 Å². The van der Waals surface area contributed by atoms with Gasteiger partial charge >= 0.3 is 0 Å². The molecule has 4 rings (SSSR count). The van der Waals surface area contributed by atoms with Gasteiger partial charge in [-0.05, 0) is 49.4 Å². The van der Waals surface area contributed by atoms with Crippen LogP contribution in [0.1, 0.15) is 52.2 Å². The maximum atomic E-state index is 12.4. The Kier molecular flexibility index (Phi) is 5.80. The number of para-hydroxylation sites is 2. The summed E-state index contributed by atoms with van der Waals surface area (Å²) in [5.41, 5.74) is 6.66. The Hall–Kier alpha value is -2.87. The number of amides is 3. The number of thiophene rings is 1. The van der Waals surface area contributed by atoms with Gasteiger partial charge in [0.2, 0.25) is 5.91 Å². The number of hydrazine groups is 1. The predicted molar refractivity (Wildman–Crippen MR) is 110 cm³/mol. The summed E-state index contributed by atoms with van der Waals surface area (Å²) in [6.45, 7) is 0.